The van der Waals surface area contributed by atoms with Crippen LogP contribution in [-0.4, -0.2) is 49.9 Å². The van der Waals surface area contributed by atoms with Crippen molar-refractivity contribution in [1.82, 2.24) is 9.78 Å². The first-order chi connectivity index (χ1) is 16.8. The van der Waals surface area contributed by atoms with Gasteiger partial charge in [-0.05, 0) is 79.3 Å². The summed E-state index contributed by atoms with van der Waals surface area (Å²) < 4.78 is 63.4. The fourth-order valence-corrected chi connectivity index (χ4v) is 6.70. The van der Waals surface area contributed by atoms with Crippen molar-refractivity contribution >= 4 is 27.6 Å². The number of carbonyl (C=O) groups is 1. The summed E-state index contributed by atoms with van der Waals surface area (Å²) in [4.78, 5) is 13.0. The van der Waals surface area contributed by atoms with Crippen molar-refractivity contribution in [2.75, 3.05) is 22.8 Å². The summed E-state index contributed by atoms with van der Waals surface area (Å²) in [6.45, 7) is 0.0240. The summed E-state index contributed by atoms with van der Waals surface area (Å²) in [5.41, 5.74) is 5.36. The smallest absolute Gasteiger partial charge is 0.423 e. The minimum Gasteiger partial charge on any atom is -0.423 e. The second kappa shape index (κ2) is 11.3. The van der Waals surface area contributed by atoms with Gasteiger partial charge < -0.3 is 14.8 Å². The molecule has 2 amide bonds. The van der Waals surface area contributed by atoms with Crippen LogP contribution in [0.25, 0.3) is 4.72 Å². The van der Waals surface area contributed by atoms with Crippen LogP contribution in [0, 0.1) is 0 Å². The number of carbonyl (C=O) groups excluding carboxylic acids is 1. The van der Waals surface area contributed by atoms with Crippen molar-refractivity contribution in [3.05, 3.63) is 45.4 Å². The largest absolute Gasteiger partial charge is 1.00 e. The van der Waals surface area contributed by atoms with Crippen LogP contribution < -0.4 is 39.2 Å². The predicted molar refractivity (Wildman–Crippen MR) is 126 cm³/mol. The van der Waals surface area contributed by atoms with Crippen molar-refractivity contribution in [3.8, 4) is 0 Å². The van der Waals surface area contributed by atoms with Gasteiger partial charge in [0.05, 0.1) is 11.9 Å². The predicted octanol–water partition coefficient (Wildman–Crippen LogP) is 0.966. The Bertz CT molecular complexity index is 1190. The molecule has 0 atom stereocenters. The van der Waals surface area contributed by atoms with E-state index in [9.17, 15) is 22.0 Å². The number of benzene rings is 1. The van der Waals surface area contributed by atoms with E-state index >= 15 is 0 Å². The second-order valence-electron chi connectivity index (χ2n) is 9.18. The Morgan fingerprint density at radius 1 is 1.17 bits per heavy atom. The Morgan fingerprint density at radius 2 is 1.81 bits per heavy atom. The van der Waals surface area contributed by atoms with E-state index in [1.807, 2.05) is 0 Å². The molecule has 13 heteroatoms. The van der Waals surface area contributed by atoms with E-state index in [4.69, 9.17) is 4.74 Å². The van der Waals surface area contributed by atoms with Gasteiger partial charge in [-0.1, -0.05) is 6.07 Å². The minimum absolute atomic E-state index is 0. The Labute approximate surface area is 231 Å². The van der Waals surface area contributed by atoms with Crippen LogP contribution in [0.3, 0.4) is 0 Å². The standard InChI is InChI=1S/C23H29F2N5O4S.Na/c24-21(25)14-29-13-18(12-26-29)30(17-7-9-34-10-8-17)35(32,33)28-23(31)27-22-19-5-1-3-15(19)11-16-4-2-6-20(16)22;/h11-13,17,21H,1-10,14H2,(H2,27,28,31);/q;+1/p-1. The van der Waals surface area contributed by atoms with E-state index in [2.05, 4.69) is 21.2 Å². The summed E-state index contributed by atoms with van der Waals surface area (Å²) in [7, 11) is -4.49. The Hall–Kier alpha value is -1.73. The number of hydrogen-bond donors (Lipinski definition) is 1. The number of rotatable bonds is 7. The summed E-state index contributed by atoms with van der Waals surface area (Å²) in [6, 6.07) is 0.731. The number of halogens is 2. The number of anilines is 2. The van der Waals surface area contributed by atoms with Crippen molar-refractivity contribution < 1.29 is 56.3 Å². The topological polar surface area (TPSA) is 108 Å². The van der Waals surface area contributed by atoms with Crippen molar-refractivity contribution in [1.29, 1.82) is 0 Å². The number of aryl methyl sites for hydroxylation is 2. The molecule has 2 aliphatic carbocycles. The Morgan fingerprint density at radius 3 is 2.42 bits per heavy atom. The normalized spacial score (nSPS) is 17.4. The molecule has 1 saturated heterocycles. The molecular formula is C23H28F2N5NaO4S. The average Bonchev–Trinajstić information content (AvgIpc) is 3.55. The van der Waals surface area contributed by atoms with E-state index in [0.717, 1.165) is 58.6 Å². The molecule has 0 radical (unpaired) electrons. The van der Waals surface area contributed by atoms with Crippen LogP contribution in [0.2, 0.25) is 0 Å². The van der Waals surface area contributed by atoms with Gasteiger partial charge >= 0.3 is 29.6 Å². The fourth-order valence-electron chi connectivity index (χ4n) is 5.41. The molecule has 1 aliphatic heterocycles. The summed E-state index contributed by atoms with van der Waals surface area (Å²) in [6.07, 6.45) is 6.14. The van der Waals surface area contributed by atoms with Gasteiger partial charge in [-0.15, -0.1) is 0 Å². The first-order valence-electron chi connectivity index (χ1n) is 11.9. The maximum Gasteiger partial charge on any atom is 1.00 e. The zero-order valence-corrected chi connectivity index (χ0v) is 23.1. The Kier molecular flexibility index (Phi) is 8.60. The van der Waals surface area contributed by atoms with Crippen molar-refractivity contribution in [2.45, 2.75) is 70.4 Å². The molecule has 0 saturated carbocycles. The van der Waals surface area contributed by atoms with Gasteiger partial charge in [-0.25, -0.2) is 17.2 Å². The van der Waals surface area contributed by atoms with Gasteiger partial charge in [0.25, 0.3) is 16.6 Å². The molecule has 1 aromatic carbocycles. The molecule has 0 bridgehead atoms. The number of alkyl halides is 2. The number of amides is 2. The number of fused-ring (bicyclic) bond motifs is 2. The molecule has 1 N–H and O–H groups in total. The summed E-state index contributed by atoms with van der Waals surface area (Å²) in [5, 5.41) is 6.65. The number of hydrogen-bond acceptors (Lipinski definition) is 5. The number of urea groups is 1. The van der Waals surface area contributed by atoms with E-state index in [0.29, 0.717) is 31.7 Å². The number of aromatic nitrogens is 2. The molecule has 1 aromatic heterocycles. The molecule has 0 spiro atoms. The van der Waals surface area contributed by atoms with Gasteiger partial charge in [0, 0.05) is 25.5 Å². The quantitative estimate of drug-likeness (QED) is 0.536. The van der Waals surface area contributed by atoms with Crippen LogP contribution in [-0.2, 0) is 47.2 Å². The fraction of sp³-hybridized carbons (Fsp3) is 0.565. The molecule has 2 heterocycles. The van der Waals surface area contributed by atoms with Crippen LogP contribution in [0.4, 0.5) is 25.0 Å². The third-order valence-electron chi connectivity index (χ3n) is 6.87. The maximum atomic E-state index is 13.4. The first-order valence-corrected chi connectivity index (χ1v) is 13.3. The number of ether oxygens (including phenoxy) is 1. The van der Waals surface area contributed by atoms with Gasteiger partial charge in [0.1, 0.15) is 6.54 Å². The van der Waals surface area contributed by atoms with Crippen LogP contribution in [0.5, 0.6) is 0 Å². The number of nitrogens with zero attached hydrogens (tertiary/aromatic N) is 4. The molecular weight excluding hydrogens is 503 g/mol. The molecule has 3 aliphatic rings. The second-order valence-corrected chi connectivity index (χ2v) is 10.7. The molecule has 9 nitrogen and oxygen atoms in total. The third-order valence-corrected chi connectivity index (χ3v) is 8.28. The van der Waals surface area contributed by atoms with E-state index in [1.165, 1.54) is 23.5 Å². The Balaban J connectivity index is 0.00000304. The van der Waals surface area contributed by atoms with Crippen LogP contribution in [0.1, 0.15) is 47.9 Å². The van der Waals surface area contributed by atoms with Crippen LogP contribution >= 0.6 is 0 Å². The van der Waals surface area contributed by atoms with Gasteiger partial charge in [-0.2, -0.15) is 5.10 Å². The molecule has 36 heavy (non-hydrogen) atoms. The van der Waals surface area contributed by atoms with E-state index in [1.54, 1.807) is 0 Å². The van der Waals surface area contributed by atoms with Crippen molar-refractivity contribution in [2.24, 2.45) is 0 Å². The molecule has 5 rings (SSSR count). The molecule has 190 valence electrons. The minimum atomic E-state index is -4.49. The van der Waals surface area contributed by atoms with Gasteiger partial charge in [0.15, 0.2) is 6.03 Å². The first kappa shape index (κ1) is 27.3. The zero-order valence-electron chi connectivity index (χ0n) is 20.3. The van der Waals surface area contributed by atoms with Gasteiger partial charge in [-0.3, -0.25) is 13.8 Å². The summed E-state index contributed by atoms with van der Waals surface area (Å²) in [5.74, 6) is 0. The number of nitrogens with one attached hydrogen (secondary N) is 1. The van der Waals surface area contributed by atoms with Crippen LogP contribution in [0.15, 0.2) is 18.5 Å². The van der Waals surface area contributed by atoms with E-state index < -0.39 is 35.3 Å². The van der Waals surface area contributed by atoms with Gasteiger partial charge in [0.2, 0.25) is 0 Å². The molecule has 1 fully saturated rings. The summed E-state index contributed by atoms with van der Waals surface area (Å²) >= 11 is 0. The monoisotopic (exact) mass is 531 g/mol. The maximum absolute atomic E-state index is 13.4. The van der Waals surface area contributed by atoms with Crippen molar-refractivity contribution in [3.63, 3.8) is 0 Å². The molecule has 0 unspecified atom stereocenters. The average molecular weight is 532 g/mol. The third kappa shape index (κ3) is 5.72. The zero-order chi connectivity index (χ0) is 24.6. The van der Waals surface area contributed by atoms with E-state index in [-0.39, 0.29) is 35.2 Å². The molecule has 2 aromatic rings. The SMILES string of the molecule is O=C([N-]S(=O)(=O)N(c1cnn(CC(F)F)c1)C1CCOCC1)Nc1c2c(cc3c1CCC3)CCC2.[Na+].